The summed E-state index contributed by atoms with van der Waals surface area (Å²) in [5, 5.41) is 21.1. The van der Waals surface area contributed by atoms with E-state index in [0.717, 1.165) is 0 Å². The van der Waals surface area contributed by atoms with E-state index in [4.69, 9.17) is 9.47 Å². The predicted octanol–water partition coefficient (Wildman–Crippen LogP) is 2.42. The third-order valence-electron chi connectivity index (χ3n) is 3.99. The molecule has 0 saturated heterocycles. The molecule has 0 aromatic heterocycles. The van der Waals surface area contributed by atoms with Gasteiger partial charge in [0.25, 0.3) is 11.6 Å². The number of benzene rings is 2. The molecule has 0 aliphatic carbocycles. The SMILES string of the molecule is COc1ccc(OC[C@H](O)CN(C)C(=O)c2ccc(C)c([N+](=O)[O-])c2)cc1. The van der Waals surface area contributed by atoms with E-state index >= 15 is 0 Å². The number of methoxy groups -OCH3 is 1. The zero-order valence-electron chi connectivity index (χ0n) is 15.4. The second-order valence-corrected chi connectivity index (χ2v) is 6.08. The number of nitrogens with zero attached hydrogens (tertiary/aromatic N) is 2. The van der Waals surface area contributed by atoms with Crippen LogP contribution in [0.4, 0.5) is 5.69 Å². The fraction of sp³-hybridized carbons (Fsp3) is 0.316. The van der Waals surface area contributed by atoms with Gasteiger partial charge >= 0.3 is 0 Å². The third-order valence-corrected chi connectivity index (χ3v) is 3.99. The van der Waals surface area contributed by atoms with E-state index in [9.17, 15) is 20.0 Å². The first kappa shape index (κ1) is 20.2. The van der Waals surface area contributed by atoms with Gasteiger partial charge in [0, 0.05) is 30.8 Å². The second kappa shape index (κ2) is 9.00. The maximum atomic E-state index is 12.4. The Balaban J connectivity index is 1.93. The van der Waals surface area contributed by atoms with Gasteiger partial charge in [0.1, 0.15) is 24.2 Å². The number of aliphatic hydroxyl groups is 1. The zero-order chi connectivity index (χ0) is 20.0. The third kappa shape index (κ3) is 5.42. The van der Waals surface area contributed by atoms with Gasteiger partial charge in [0.05, 0.1) is 12.0 Å². The standard InChI is InChI=1S/C19H22N2O6/c1-13-4-5-14(10-18(13)21(24)25)19(23)20(2)11-15(22)12-27-17-8-6-16(26-3)7-9-17/h4-10,15,22H,11-12H2,1-3H3/t15-/m1/s1. The highest BCUT2D eigenvalue weighted by Gasteiger charge is 2.19. The Morgan fingerprint density at radius 2 is 1.85 bits per heavy atom. The first-order valence-corrected chi connectivity index (χ1v) is 8.27. The molecule has 0 spiro atoms. The average molecular weight is 374 g/mol. The fourth-order valence-electron chi connectivity index (χ4n) is 2.48. The number of aliphatic hydroxyl groups excluding tert-OH is 1. The number of hydrogen-bond donors (Lipinski definition) is 1. The molecule has 2 aromatic rings. The summed E-state index contributed by atoms with van der Waals surface area (Å²) in [5.41, 5.74) is 0.558. The fourth-order valence-corrected chi connectivity index (χ4v) is 2.48. The highest BCUT2D eigenvalue weighted by Crippen LogP contribution is 2.20. The highest BCUT2D eigenvalue weighted by atomic mass is 16.6. The van der Waals surface area contributed by atoms with Crippen LogP contribution in [-0.2, 0) is 0 Å². The van der Waals surface area contributed by atoms with Crippen LogP contribution in [0.25, 0.3) is 0 Å². The smallest absolute Gasteiger partial charge is 0.273 e. The second-order valence-electron chi connectivity index (χ2n) is 6.08. The average Bonchev–Trinajstić information content (AvgIpc) is 2.66. The number of rotatable bonds is 8. The summed E-state index contributed by atoms with van der Waals surface area (Å²) in [4.78, 5) is 24.2. The monoisotopic (exact) mass is 374 g/mol. The number of carbonyl (C=O) groups is 1. The molecule has 0 heterocycles. The van der Waals surface area contributed by atoms with E-state index in [1.54, 1.807) is 38.3 Å². The summed E-state index contributed by atoms with van der Waals surface area (Å²) in [7, 11) is 3.08. The van der Waals surface area contributed by atoms with Crippen LogP contribution in [0.1, 0.15) is 15.9 Å². The highest BCUT2D eigenvalue weighted by molar-refractivity contribution is 5.94. The molecule has 0 saturated carbocycles. The minimum absolute atomic E-state index is 0.00199. The lowest BCUT2D eigenvalue weighted by Gasteiger charge is -2.21. The van der Waals surface area contributed by atoms with Gasteiger partial charge in [0.15, 0.2) is 0 Å². The molecule has 1 amide bonds. The molecule has 0 aliphatic rings. The van der Waals surface area contributed by atoms with Crippen molar-refractivity contribution < 1.29 is 24.3 Å². The normalized spacial score (nSPS) is 11.6. The van der Waals surface area contributed by atoms with Gasteiger partial charge in [-0.1, -0.05) is 6.07 Å². The number of carbonyl (C=O) groups excluding carboxylic acids is 1. The van der Waals surface area contributed by atoms with Crippen molar-refractivity contribution in [2.24, 2.45) is 0 Å². The molecule has 8 nitrogen and oxygen atoms in total. The Morgan fingerprint density at radius 3 is 2.44 bits per heavy atom. The molecule has 8 heteroatoms. The molecule has 27 heavy (non-hydrogen) atoms. The molecule has 0 fully saturated rings. The van der Waals surface area contributed by atoms with Crippen molar-refractivity contribution in [2.75, 3.05) is 27.3 Å². The van der Waals surface area contributed by atoms with Gasteiger partial charge in [-0.05, 0) is 37.3 Å². The topological polar surface area (TPSA) is 102 Å². The van der Waals surface area contributed by atoms with Crippen molar-refractivity contribution >= 4 is 11.6 Å². The van der Waals surface area contributed by atoms with Gasteiger partial charge in [-0.15, -0.1) is 0 Å². The molecule has 1 atom stereocenters. The maximum Gasteiger partial charge on any atom is 0.273 e. The van der Waals surface area contributed by atoms with Crippen molar-refractivity contribution in [1.29, 1.82) is 0 Å². The number of ether oxygens (including phenoxy) is 2. The summed E-state index contributed by atoms with van der Waals surface area (Å²) >= 11 is 0. The van der Waals surface area contributed by atoms with E-state index < -0.39 is 16.9 Å². The van der Waals surface area contributed by atoms with Crippen LogP contribution in [0.3, 0.4) is 0 Å². The molecule has 0 radical (unpaired) electrons. The lowest BCUT2D eigenvalue weighted by Crippen LogP contribution is -2.37. The maximum absolute atomic E-state index is 12.4. The molecule has 1 N–H and O–H groups in total. The van der Waals surface area contributed by atoms with Crippen LogP contribution in [0, 0.1) is 17.0 Å². The van der Waals surface area contributed by atoms with E-state index in [1.165, 1.54) is 30.1 Å². The summed E-state index contributed by atoms with van der Waals surface area (Å²) in [6.07, 6.45) is -0.915. The Kier molecular flexibility index (Phi) is 6.73. The van der Waals surface area contributed by atoms with Gasteiger partial charge in [-0.2, -0.15) is 0 Å². The lowest BCUT2D eigenvalue weighted by atomic mass is 10.1. The van der Waals surface area contributed by atoms with E-state index in [2.05, 4.69) is 0 Å². The molecule has 2 aromatic carbocycles. The Morgan fingerprint density at radius 1 is 1.22 bits per heavy atom. The minimum Gasteiger partial charge on any atom is -0.497 e. The van der Waals surface area contributed by atoms with Gasteiger partial charge in [0.2, 0.25) is 0 Å². The van der Waals surface area contributed by atoms with Crippen molar-refractivity contribution in [3.05, 3.63) is 63.7 Å². The van der Waals surface area contributed by atoms with Crippen molar-refractivity contribution in [2.45, 2.75) is 13.0 Å². The van der Waals surface area contributed by atoms with Crippen LogP contribution >= 0.6 is 0 Å². The van der Waals surface area contributed by atoms with Crippen molar-refractivity contribution in [1.82, 2.24) is 4.90 Å². The van der Waals surface area contributed by atoms with E-state index in [1.807, 2.05) is 0 Å². The number of nitro benzene ring substituents is 1. The number of nitro groups is 1. The zero-order valence-corrected chi connectivity index (χ0v) is 15.4. The largest absolute Gasteiger partial charge is 0.497 e. The van der Waals surface area contributed by atoms with Crippen molar-refractivity contribution in [3.8, 4) is 11.5 Å². The first-order chi connectivity index (χ1) is 12.8. The number of aryl methyl sites for hydroxylation is 1. The predicted molar refractivity (Wildman–Crippen MR) is 99.3 cm³/mol. The summed E-state index contributed by atoms with van der Waals surface area (Å²) in [6, 6.07) is 11.2. The number of likely N-dealkylation sites (N-methyl/N-ethyl adjacent to an activating group) is 1. The van der Waals surface area contributed by atoms with Crippen LogP contribution in [0.5, 0.6) is 11.5 Å². The summed E-state index contributed by atoms with van der Waals surface area (Å²) in [5.74, 6) is 0.847. The summed E-state index contributed by atoms with van der Waals surface area (Å²) < 4.78 is 10.5. The van der Waals surface area contributed by atoms with Crippen LogP contribution in [0.2, 0.25) is 0 Å². The Bertz CT molecular complexity index is 806. The first-order valence-electron chi connectivity index (χ1n) is 8.27. The number of hydrogen-bond acceptors (Lipinski definition) is 6. The van der Waals surface area contributed by atoms with Crippen LogP contribution < -0.4 is 9.47 Å². The van der Waals surface area contributed by atoms with E-state index in [-0.39, 0.29) is 24.4 Å². The van der Waals surface area contributed by atoms with Crippen molar-refractivity contribution in [3.63, 3.8) is 0 Å². The Hall–Kier alpha value is -3.13. The minimum atomic E-state index is -0.915. The van der Waals surface area contributed by atoms with Gasteiger partial charge in [-0.25, -0.2) is 0 Å². The van der Waals surface area contributed by atoms with Crippen LogP contribution in [0.15, 0.2) is 42.5 Å². The molecule has 0 unspecified atom stereocenters. The molecular weight excluding hydrogens is 352 g/mol. The van der Waals surface area contributed by atoms with Gasteiger partial charge in [-0.3, -0.25) is 14.9 Å². The van der Waals surface area contributed by atoms with Gasteiger partial charge < -0.3 is 19.5 Å². The molecule has 0 bridgehead atoms. The number of amides is 1. The Labute approximate surface area is 157 Å². The molecule has 0 aliphatic heterocycles. The quantitative estimate of drug-likeness (QED) is 0.562. The van der Waals surface area contributed by atoms with Crippen LogP contribution in [-0.4, -0.2) is 54.3 Å². The molecule has 144 valence electrons. The molecular formula is C19H22N2O6. The lowest BCUT2D eigenvalue weighted by molar-refractivity contribution is -0.385. The molecule has 2 rings (SSSR count). The van der Waals surface area contributed by atoms with E-state index in [0.29, 0.717) is 17.1 Å². The summed E-state index contributed by atoms with van der Waals surface area (Å²) in [6.45, 7) is 1.63.